The molecule has 0 heterocycles. The number of anilines is 1. The molecular formula is C14H10F2N2O2S. The van der Waals surface area contributed by atoms with Crippen molar-refractivity contribution in [2.75, 3.05) is 5.73 Å². The van der Waals surface area contributed by atoms with Crippen molar-refractivity contribution in [3.8, 4) is 6.07 Å². The van der Waals surface area contributed by atoms with E-state index in [0.29, 0.717) is 0 Å². The van der Waals surface area contributed by atoms with Gasteiger partial charge in [-0.2, -0.15) is 5.26 Å². The Bertz CT molecular complexity index is 822. The summed E-state index contributed by atoms with van der Waals surface area (Å²) in [6.07, 6.45) is 0. The molecule has 0 radical (unpaired) electrons. The first-order valence-corrected chi connectivity index (χ1v) is 7.44. The number of nitriles is 1. The van der Waals surface area contributed by atoms with Gasteiger partial charge in [0, 0.05) is 5.69 Å². The molecule has 108 valence electrons. The normalized spacial score (nSPS) is 11.1. The first-order chi connectivity index (χ1) is 9.81. The van der Waals surface area contributed by atoms with Gasteiger partial charge in [0.1, 0.15) is 11.6 Å². The van der Waals surface area contributed by atoms with Gasteiger partial charge in [0.15, 0.2) is 9.84 Å². The first-order valence-electron chi connectivity index (χ1n) is 5.79. The van der Waals surface area contributed by atoms with Crippen molar-refractivity contribution < 1.29 is 17.2 Å². The van der Waals surface area contributed by atoms with Crippen molar-refractivity contribution >= 4 is 15.5 Å². The Morgan fingerprint density at radius 2 is 1.81 bits per heavy atom. The Labute approximate surface area is 120 Å². The van der Waals surface area contributed by atoms with Crippen molar-refractivity contribution in [3.63, 3.8) is 0 Å². The molecule has 2 aromatic rings. The number of halogens is 2. The van der Waals surface area contributed by atoms with Crippen LogP contribution in [0.5, 0.6) is 0 Å². The van der Waals surface area contributed by atoms with E-state index >= 15 is 0 Å². The fourth-order valence-electron chi connectivity index (χ4n) is 1.84. The summed E-state index contributed by atoms with van der Waals surface area (Å²) in [5.41, 5.74) is 5.44. The molecule has 21 heavy (non-hydrogen) atoms. The monoisotopic (exact) mass is 308 g/mol. The second kappa shape index (κ2) is 5.50. The minimum Gasteiger partial charge on any atom is -0.399 e. The van der Waals surface area contributed by atoms with Gasteiger partial charge in [-0.3, -0.25) is 0 Å². The van der Waals surface area contributed by atoms with Gasteiger partial charge >= 0.3 is 0 Å². The van der Waals surface area contributed by atoms with Gasteiger partial charge in [0.2, 0.25) is 0 Å². The summed E-state index contributed by atoms with van der Waals surface area (Å²) < 4.78 is 50.9. The average molecular weight is 308 g/mol. The smallest absolute Gasteiger partial charge is 0.182 e. The summed E-state index contributed by atoms with van der Waals surface area (Å²) in [6.45, 7) is 0. The van der Waals surface area contributed by atoms with Crippen molar-refractivity contribution in [3.05, 3.63) is 59.2 Å². The zero-order chi connectivity index (χ0) is 15.6. The molecule has 0 bridgehead atoms. The van der Waals surface area contributed by atoms with Crippen LogP contribution in [-0.4, -0.2) is 8.42 Å². The largest absolute Gasteiger partial charge is 0.399 e. The first kappa shape index (κ1) is 14.9. The Morgan fingerprint density at radius 3 is 2.43 bits per heavy atom. The number of nitrogens with two attached hydrogens (primary N) is 1. The molecule has 0 aromatic heterocycles. The summed E-state index contributed by atoms with van der Waals surface area (Å²) in [7, 11) is -3.95. The van der Waals surface area contributed by atoms with Crippen LogP contribution >= 0.6 is 0 Å². The molecule has 0 saturated heterocycles. The molecule has 7 heteroatoms. The van der Waals surface area contributed by atoms with E-state index in [1.807, 2.05) is 0 Å². The van der Waals surface area contributed by atoms with Gasteiger partial charge in [-0.1, -0.05) is 0 Å². The lowest BCUT2D eigenvalue weighted by atomic mass is 10.1. The van der Waals surface area contributed by atoms with Gasteiger partial charge in [-0.15, -0.1) is 0 Å². The van der Waals surface area contributed by atoms with Crippen LogP contribution in [0.2, 0.25) is 0 Å². The molecule has 0 spiro atoms. The Balaban J connectivity index is 2.47. The Hall–Kier alpha value is -2.46. The lowest BCUT2D eigenvalue weighted by Gasteiger charge is -2.07. The summed E-state index contributed by atoms with van der Waals surface area (Å²) >= 11 is 0. The van der Waals surface area contributed by atoms with Crippen LogP contribution in [0.25, 0.3) is 0 Å². The average Bonchev–Trinajstić information content (AvgIpc) is 2.37. The van der Waals surface area contributed by atoms with Crippen molar-refractivity contribution in [1.82, 2.24) is 0 Å². The van der Waals surface area contributed by atoms with Gasteiger partial charge in [0.05, 0.1) is 22.3 Å². The van der Waals surface area contributed by atoms with Crippen molar-refractivity contribution in [2.24, 2.45) is 0 Å². The predicted molar refractivity (Wildman–Crippen MR) is 72.8 cm³/mol. The topological polar surface area (TPSA) is 84.0 Å². The van der Waals surface area contributed by atoms with Crippen molar-refractivity contribution in [2.45, 2.75) is 10.6 Å². The minimum absolute atomic E-state index is 0.0142. The summed E-state index contributed by atoms with van der Waals surface area (Å²) in [6, 6.07) is 7.95. The molecule has 0 aliphatic rings. The standard InChI is InChI=1S/C14H10F2N2O2S/c15-11-2-1-9(7-17)10(3-11)8-21(19,20)14-5-12(16)4-13(18)6-14/h1-6H,8,18H2. The van der Waals surface area contributed by atoms with Gasteiger partial charge < -0.3 is 5.73 Å². The Kier molecular flexibility index (Phi) is 3.91. The number of benzene rings is 2. The second-order valence-corrected chi connectivity index (χ2v) is 6.38. The summed E-state index contributed by atoms with van der Waals surface area (Å²) in [5, 5.41) is 8.92. The van der Waals surface area contributed by atoms with Crippen LogP contribution in [0.1, 0.15) is 11.1 Å². The number of rotatable bonds is 3. The fraction of sp³-hybridized carbons (Fsp3) is 0.0714. The molecule has 0 aliphatic heterocycles. The number of hydrogen-bond donors (Lipinski definition) is 1. The number of sulfone groups is 1. The zero-order valence-corrected chi connectivity index (χ0v) is 11.5. The zero-order valence-electron chi connectivity index (χ0n) is 10.7. The highest BCUT2D eigenvalue weighted by atomic mass is 32.2. The van der Waals surface area contributed by atoms with Gasteiger partial charge in [-0.05, 0) is 42.0 Å². The Morgan fingerprint density at radius 1 is 1.10 bits per heavy atom. The quantitative estimate of drug-likeness (QED) is 0.882. The molecule has 2 aromatic carbocycles. The highest BCUT2D eigenvalue weighted by Crippen LogP contribution is 2.22. The minimum atomic E-state index is -3.95. The van der Waals surface area contributed by atoms with Crippen LogP contribution < -0.4 is 5.73 Å². The van der Waals surface area contributed by atoms with E-state index in [1.165, 1.54) is 6.07 Å². The van der Waals surface area contributed by atoms with Gasteiger partial charge in [-0.25, -0.2) is 17.2 Å². The lowest BCUT2D eigenvalue weighted by Crippen LogP contribution is -2.08. The van der Waals surface area contributed by atoms with Crippen LogP contribution in [0, 0.1) is 23.0 Å². The van der Waals surface area contributed by atoms with E-state index in [2.05, 4.69) is 0 Å². The highest BCUT2D eigenvalue weighted by molar-refractivity contribution is 7.90. The molecule has 0 aliphatic carbocycles. The molecule has 4 nitrogen and oxygen atoms in total. The maximum absolute atomic E-state index is 13.2. The van der Waals surface area contributed by atoms with E-state index in [9.17, 15) is 17.2 Å². The molecule has 0 atom stereocenters. The summed E-state index contributed by atoms with van der Waals surface area (Å²) in [4.78, 5) is -0.312. The molecule has 0 unspecified atom stereocenters. The fourth-order valence-corrected chi connectivity index (χ4v) is 3.27. The number of nitrogens with zero attached hydrogens (tertiary/aromatic N) is 1. The third-order valence-electron chi connectivity index (χ3n) is 2.79. The van der Waals surface area contributed by atoms with E-state index in [4.69, 9.17) is 11.0 Å². The van der Waals surface area contributed by atoms with E-state index in [-0.39, 0.29) is 21.7 Å². The molecule has 2 N–H and O–H groups in total. The number of nitrogen functional groups attached to an aromatic ring is 1. The van der Waals surface area contributed by atoms with E-state index in [0.717, 1.165) is 30.3 Å². The second-order valence-electron chi connectivity index (χ2n) is 4.39. The maximum atomic E-state index is 13.2. The van der Waals surface area contributed by atoms with Crippen LogP contribution in [0.15, 0.2) is 41.3 Å². The third kappa shape index (κ3) is 3.35. The molecule has 0 saturated carbocycles. The van der Waals surface area contributed by atoms with Crippen LogP contribution in [0.4, 0.5) is 14.5 Å². The molecular weight excluding hydrogens is 298 g/mol. The molecule has 2 rings (SSSR count). The summed E-state index contributed by atoms with van der Waals surface area (Å²) in [5.74, 6) is -2.05. The van der Waals surface area contributed by atoms with Crippen LogP contribution in [0.3, 0.4) is 0 Å². The number of hydrogen-bond acceptors (Lipinski definition) is 4. The van der Waals surface area contributed by atoms with Crippen molar-refractivity contribution in [1.29, 1.82) is 5.26 Å². The van der Waals surface area contributed by atoms with E-state index < -0.39 is 27.2 Å². The molecule has 0 fully saturated rings. The SMILES string of the molecule is N#Cc1ccc(F)cc1CS(=O)(=O)c1cc(N)cc(F)c1. The third-order valence-corrected chi connectivity index (χ3v) is 4.43. The maximum Gasteiger partial charge on any atom is 0.182 e. The lowest BCUT2D eigenvalue weighted by molar-refractivity contribution is 0.589. The van der Waals surface area contributed by atoms with Crippen LogP contribution in [-0.2, 0) is 15.6 Å². The van der Waals surface area contributed by atoms with Gasteiger partial charge in [0.25, 0.3) is 0 Å². The molecule has 0 amide bonds. The predicted octanol–water partition coefficient (Wildman–Crippen LogP) is 2.39. The van der Waals surface area contributed by atoms with E-state index in [1.54, 1.807) is 6.07 Å². The highest BCUT2D eigenvalue weighted by Gasteiger charge is 2.19.